The minimum absolute atomic E-state index is 0.236. The van der Waals surface area contributed by atoms with E-state index in [1.807, 2.05) is 0 Å². The highest BCUT2D eigenvalue weighted by atomic mass is 79.9. The van der Waals surface area contributed by atoms with Crippen LogP contribution in [-0.4, -0.2) is 10.2 Å². The molecule has 0 aromatic carbocycles. The van der Waals surface area contributed by atoms with Crippen LogP contribution in [0.2, 0.25) is 0 Å². The first kappa shape index (κ1) is 8.30. The molecule has 0 bridgehead atoms. The van der Waals surface area contributed by atoms with Gasteiger partial charge in [-0.15, -0.1) is 0 Å². The maximum Gasteiger partial charge on any atom is 0.171 e. The van der Waals surface area contributed by atoms with Gasteiger partial charge in [-0.05, 0) is 22.0 Å². The van der Waals surface area contributed by atoms with Gasteiger partial charge in [-0.25, -0.2) is 0 Å². The number of rotatable bonds is 2. The molecule has 0 fully saturated rings. The maximum atomic E-state index is 8.81. The van der Waals surface area contributed by atoms with Crippen LogP contribution in [0, 0.1) is 0 Å². The lowest BCUT2D eigenvalue weighted by Gasteiger charge is -1.95. The van der Waals surface area contributed by atoms with E-state index in [1.165, 1.54) is 0 Å². The predicted molar refractivity (Wildman–Crippen MR) is 40.5 cm³/mol. The lowest BCUT2D eigenvalue weighted by molar-refractivity contribution is 0.351. The standard InChI is InChI=1S/C6H7BrO2/c1-3-5(8)6(9)4(2)7/h3,8-9H,1-2H2/b6-5-. The van der Waals surface area contributed by atoms with E-state index in [0.717, 1.165) is 6.08 Å². The molecule has 0 atom stereocenters. The van der Waals surface area contributed by atoms with Crippen LogP contribution < -0.4 is 0 Å². The first-order chi connectivity index (χ1) is 4.09. The van der Waals surface area contributed by atoms with Crippen LogP contribution in [-0.2, 0) is 0 Å². The van der Waals surface area contributed by atoms with Crippen molar-refractivity contribution >= 4 is 15.9 Å². The highest BCUT2D eigenvalue weighted by Crippen LogP contribution is 2.14. The Balaban J connectivity index is 4.47. The van der Waals surface area contributed by atoms with Crippen LogP contribution in [0.15, 0.2) is 35.2 Å². The zero-order chi connectivity index (χ0) is 7.44. The molecule has 0 aliphatic carbocycles. The number of hydrogen-bond donors (Lipinski definition) is 2. The van der Waals surface area contributed by atoms with Gasteiger partial charge >= 0.3 is 0 Å². The smallest absolute Gasteiger partial charge is 0.171 e. The van der Waals surface area contributed by atoms with Crippen LogP contribution in [0.4, 0.5) is 0 Å². The second kappa shape index (κ2) is 3.35. The average Bonchev–Trinajstić information content (AvgIpc) is 1.84. The fourth-order valence-electron chi connectivity index (χ4n) is 0.236. The zero-order valence-corrected chi connectivity index (χ0v) is 6.35. The number of halogens is 1. The quantitative estimate of drug-likeness (QED) is 0.519. The molecule has 0 aromatic heterocycles. The van der Waals surface area contributed by atoms with E-state index >= 15 is 0 Å². The lowest BCUT2D eigenvalue weighted by atomic mass is 10.4. The van der Waals surface area contributed by atoms with Crippen molar-refractivity contribution in [1.29, 1.82) is 0 Å². The van der Waals surface area contributed by atoms with Crippen molar-refractivity contribution in [3.05, 3.63) is 35.2 Å². The molecule has 9 heavy (non-hydrogen) atoms. The van der Waals surface area contributed by atoms with Crippen molar-refractivity contribution in [2.45, 2.75) is 0 Å². The Morgan fingerprint density at radius 2 is 1.89 bits per heavy atom. The topological polar surface area (TPSA) is 40.5 Å². The van der Waals surface area contributed by atoms with Crippen molar-refractivity contribution < 1.29 is 10.2 Å². The van der Waals surface area contributed by atoms with E-state index in [4.69, 9.17) is 10.2 Å². The predicted octanol–water partition coefficient (Wildman–Crippen LogP) is 2.41. The van der Waals surface area contributed by atoms with Crippen molar-refractivity contribution in [1.82, 2.24) is 0 Å². The third kappa shape index (κ3) is 2.37. The lowest BCUT2D eigenvalue weighted by Crippen LogP contribution is -1.85. The molecule has 0 spiro atoms. The molecule has 0 unspecified atom stereocenters. The van der Waals surface area contributed by atoms with E-state index in [9.17, 15) is 0 Å². The summed E-state index contributed by atoms with van der Waals surface area (Å²) in [6.45, 7) is 6.56. The molecule has 0 saturated carbocycles. The molecule has 0 aliphatic rings. The van der Waals surface area contributed by atoms with Gasteiger partial charge in [-0.1, -0.05) is 13.2 Å². The Morgan fingerprint density at radius 3 is 2.00 bits per heavy atom. The largest absolute Gasteiger partial charge is 0.504 e. The molecule has 0 radical (unpaired) electrons. The molecular weight excluding hydrogens is 184 g/mol. The third-order valence-corrected chi connectivity index (χ3v) is 1.07. The van der Waals surface area contributed by atoms with E-state index in [-0.39, 0.29) is 16.0 Å². The van der Waals surface area contributed by atoms with E-state index < -0.39 is 0 Å². The summed E-state index contributed by atoms with van der Waals surface area (Å²) in [5.41, 5.74) is 0. The van der Waals surface area contributed by atoms with E-state index in [0.29, 0.717) is 0 Å². The summed E-state index contributed by atoms with van der Waals surface area (Å²) in [5, 5.41) is 17.5. The van der Waals surface area contributed by atoms with Crippen LogP contribution in [0.3, 0.4) is 0 Å². The van der Waals surface area contributed by atoms with Crippen LogP contribution >= 0.6 is 15.9 Å². The van der Waals surface area contributed by atoms with Crippen molar-refractivity contribution in [3.63, 3.8) is 0 Å². The summed E-state index contributed by atoms with van der Waals surface area (Å²) >= 11 is 2.87. The summed E-state index contributed by atoms with van der Waals surface area (Å²) in [6.07, 6.45) is 1.13. The Bertz CT molecular complexity index is 170. The first-order valence-corrected chi connectivity index (χ1v) is 2.98. The van der Waals surface area contributed by atoms with Gasteiger partial charge < -0.3 is 10.2 Å². The number of hydrogen-bond acceptors (Lipinski definition) is 2. The van der Waals surface area contributed by atoms with Gasteiger partial charge in [0.25, 0.3) is 0 Å². The second-order valence-corrected chi connectivity index (χ2v) is 2.30. The molecule has 0 aromatic rings. The minimum Gasteiger partial charge on any atom is -0.504 e. The zero-order valence-electron chi connectivity index (χ0n) is 4.76. The average molecular weight is 191 g/mol. The molecule has 0 amide bonds. The van der Waals surface area contributed by atoms with E-state index in [1.54, 1.807) is 0 Å². The Kier molecular flexibility index (Phi) is 3.09. The molecule has 0 heterocycles. The first-order valence-electron chi connectivity index (χ1n) is 2.19. The van der Waals surface area contributed by atoms with Gasteiger partial charge in [0, 0.05) is 0 Å². The molecular formula is C6H7BrO2. The number of aliphatic hydroxyl groups excluding tert-OH is 2. The Morgan fingerprint density at radius 1 is 1.44 bits per heavy atom. The Hall–Kier alpha value is -0.700. The SMILES string of the molecule is C=C/C(O)=C(/O)C(=C)Br. The third-order valence-electron chi connectivity index (χ3n) is 0.693. The van der Waals surface area contributed by atoms with Crippen LogP contribution in [0.1, 0.15) is 0 Å². The summed E-state index contributed by atoms with van der Waals surface area (Å²) in [6, 6.07) is 0. The van der Waals surface area contributed by atoms with Gasteiger partial charge in [0.2, 0.25) is 0 Å². The van der Waals surface area contributed by atoms with Gasteiger partial charge in [-0.3, -0.25) is 0 Å². The van der Waals surface area contributed by atoms with Crippen LogP contribution in [0.25, 0.3) is 0 Å². The summed E-state index contributed by atoms with van der Waals surface area (Å²) in [5.74, 6) is -0.568. The molecule has 0 aliphatic heterocycles. The van der Waals surface area contributed by atoms with Gasteiger partial charge in [0.1, 0.15) is 0 Å². The van der Waals surface area contributed by atoms with Crippen molar-refractivity contribution in [3.8, 4) is 0 Å². The fraction of sp³-hybridized carbons (Fsp3) is 0. The molecule has 2 N–H and O–H groups in total. The second-order valence-electron chi connectivity index (χ2n) is 1.34. The summed E-state index contributed by atoms with van der Waals surface area (Å²) in [7, 11) is 0. The fourth-order valence-corrected chi connectivity index (χ4v) is 0.439. The van der Waals surface area contributed by atoms with Gasteiger partial charge in [-0.2, -0.15) is 0 Å². The molecule has 0 saturated heterocycles. The highest BCUT2D eigenvalue weighted by molar-refractivity contribution is 9.11. The van der Waals surface area contributed by atoms with Crippen LogP contribution in [0.5, 0.6) is 0 Å². The maximum absolute atomic E-state index is 8.81. The van der Waals surface area contributed by atoms with Crippen molar-refractivity contribution in [2.75, 3.05) is 0 Å². The monoisotopic (exact) mass is 190 g/mol. The van der Waals surface area contributed by atoms with Gasteiger partial charge in [0.15, 0.2) is 11.5 Å². The van der Waals surface area contributed by atoms with Crippen molar-refractivity contribution in [2.24, 2.45) is 0 Å². The molecule has 2 nitrogen and oxygen atoms in total. The van der Waals surface area contributed by atoms with Gasteiger partial charge in [0.05, 0.1) is 4.48 Å². The normalized spacial score (nSPS) is 12.1. The summed E-state index contributed by atoms with van der Waals surface area (Å²) in [4.78, 5) is 0. The number of allylic oxidation sites excluding steroid dienone is 2. The molecule has 3 heteroatoms. The Labute approximate surface area is 62.0 Å². The summed E-state index contributed by atoms with van der Waals surface area (Å²) < 4.78 is 0.236. The highest BCUT2D eigenvalue weighted by Gasteiger charge is 1.99. The number of aliphatic hydroxyl groups is 2. The molecule has 50 valence electrons. The van der Waals surface area contributed by atoms with E-state index in [2.05, 4.69) is 29.1 Å². The molecule has 0 rings (SSSR count). The minimum atomic E-state index is -0.287.